The molecular formula is C13H24O4Si. The van der Waals surface area contributed by atoms with E-state index in [9.17, 15) is 9.59 Å². The second-order valence-corrected chi connectivity index (χ2v) is 9.43. The summed E-state index contributed by atoms with van der Waals surface area (Å²) >= 11 is 0. The van der Waals surface area contributed by atoms with E-state index in [2.05, 4.69) is 6.58 Å². The molecule has 0 aliphatic rings. The maximum absolute atomic E-state index is 12.0. The first kappa shape index (κ1) is 16.9. The highest BCUT2D eigenvalue weighted by Gasteiger charge is 2.30. The zero-order valence-corrected chi connectivity index (χ0v) is 13.0. The summed E-state index contributed by atoms with van der Waals surface area (Å²) in [5.41, 5.74) is 0.288. The monoisotopic (exact) mass is 272 g/mol. The molecule has 0 aliphatic carbocycles. The molecule has 0 radical (unpaired) electrons. The minimum absolute atomic E-state index is 0.288. The predicted molar refractivity (Wildman–Crippen MR) is 73.7 cm³/mol. The van der Waals surface area contributed by atoms with Crippen molar-refractivity contribution in [2.24, 2.45) is 0 Å². The molecule has 0 bridgehead atoms. The largest absolute Gasteiger partial charge is 0.517 e. The molecule has 0 spiro atoms. The minimum atomic E-state index is -1.97. The van der Waals surface area contributed by atoms with Gasteiger partial charge in [-0.05, 0) is 32.5 Å². The van der Waals surface area contributed by atoms with Gasteiger partial charge in [0.25, 0.3) is 0 Å². The van der Waals surface area contributed by atoms with Gasteiger partial charge in [-0.2, -0.15) is 0 Å². The summed E-state index contributed by atoms with van der Waals surface area (Å²) in [6.07, 6.45) is 0.418. The number of carbonyl (C=O) groups excluding carboxylic acids is 2. The number of hydrogen-bond donors (Lipinski definition) is 0. The van der Waals surface area contributed by atoms with E-state index in [1.807, 2.05) is 26.9 Å². The molecule has 0 aromatic rings. The lowest BCUT2D eigenvalue weighted by molar-refractivity contribution is -0.160. The van der Waals surface area contributed by atoms with Crippen LogP contribution in [-0.4, -0.2) is 26.4 Å². The first-order valence-electron chi connectivity index (χ1n) is 6.32. The van der Waals surface area contributed by atoms with Gasteiger partial charge in [0, 0.05) is 5.57 Å². The van der Waals surface area contributed by atoms with E-state index in [4.69, 9.17) is 9.16 Å². The standard InChI is InChI=1S/C13H24O4Si/c1-7-9-11(16-12(14)10(3)4)13(15)17-18(5,6)8-2/h11H,3,7-9H2,1-2,4-6H3. The molecule has 4 nitrogen and oxygen atoms in total. The maximum atomic E-state index is 12.0. The van der Waals surface area contributed by atoms with E-state index < -0.39 is 26.4 Å². The maximum Gasteiger partial charge on any atom is 0.334 e. The second kappa shape index (κ2) is 7.36. The van der Waals surface area contributed by atoms with Gasteiger partial charge < -0.3 is 9.16 Å². The number of esters is 1. The average molecular weight is 272 g/mol. The van der Waals surface area contributed by atoms with Crippen LogP contribution in [0, 0.1) is 0 Å². The number of hydrogen-bond acceptors (Lipinski definition) is 4. The fraction of sp³-hybridized carbons (Fsp3) is 0.692. The summed E-state index contributed by atoms with van der Waals surface area (Å²) in [4.78, 5) is 23.4. The topological polar surface area (TPSA) is 52.6 Å². The summed E-state index contributed by atoms with van der Waals surface area (Å²) in [6.45, 7) is 12.9. The molecule has 0 aromatic carbocycles. The second-order valence-electron chi connectivity index (χ2n) is 5.00. The molecular weight excluding hydrogens is 248 g/mol. The normalized spacial score (nSPS) is 12.7. The quantitative estimate of drug-likeness (QED) is 0.406. The molecule has 0 amide bonds. The van der Waals surface area contributed by atoms with Gasteiger partial charge in [0.15, 0.2) is 6.10 Å². The van der Waals surface area contributed by atoms with Crippen LogP contribution in [0.2, 0.25) is 19.1 Å². The predicted octanol–water partition coefficient (Wildman–Crippen LogP) is 3.04. The van der Waals surface area contributed by atoms with Gasteiger partial charge in [-0.1, -0.05) is 26.8 Å². The third kappa shape index (κ3) is 6.00. The lowest BCUT2D eigenvalue weighted by Gasteiger charge is -2.24. The smallest absolute Gasteiger partial charge is 0.334 e. The Labute approximate surface area is 110 Å². The third-order valence-electron chi connectivity index (χ3n) is 2.64. The summed E-state index contributed by atoms with van der Waals surface area (Å²) < 4.78 is 10.6. The van der Waals surface area contributed by atoms with Gasteiger partial charge >= 0.3 is 11.9 Å². The van der Waals surface area contributed by atoms with Gasteiger partial charge in [0.1, 0.15) is 0 Å². The van der Waals surface area contributed by atoms with Gasteiger partial charge in [0.2, 0.25) is 8.32 Å². The van der Waals surface area contributed by atoms with Crippen molar-refractivity contribution in [2.45, 2.75) is 58.9 Å². The van der Waals surface area contributed by atoms with Crippen molar-refractivity contribution < 1.29 is 18.8 Å². The molecule has 0 N–H and O–H groups in total. The van der Waals surface area contributed by atoms with E-state index in [0.29, 0.717) is 6.42 Å². The molecule has 0 saturated heterocycles. The highest BCUT2D eigenvalue weighted by atomic mass is 28.4. The lowest BCUT2D eigenvalue weighted by Crippen LogP contribution is -2.39. The van der Waals surface area contributed by atoms with Gasteiger partial charge in [-0.25, -0.2) is 9.59 Å². The van der Waals surface area contributed by atoms with Crippen LogP contribution in [0.5, 0.6) is 0 Å². The molecule has 5 heteroatoms. The van der Waals surface area contributed by atoms with Crippen molar-refractivity contribution in [3.63, 3.8) is 0 Å². The number of ether oxygens (including phenoxy) is 1. The zero-order chi connectivity index (χ0) is 14.3. The SMILES string of the molecule is C=C(C)C(=O)OC(CCC)C(=O)O[Si](C)(C)CC. The van der Waals surface area contributed by atoms with Crippen molar-refractivity contribution >= 4 is 20.3 Å². The Balaban J connectivity index is 4.64. The van der Waals surface area contributed by atoms with Crippen molar-refractivity contribution in [1.29, 1.82) is 0 Å². The molecule has 0 saturated carbocycles. The highest BCUT2D eigenvalue weighted by molar-refractivity contribution is 6.72. The Morgan fingerprint density at radius 3 is 2.22 bits per heavy atom. The molecule has 0 rings (SSSR count). The van der Waals surface area contributed by atoms with E-state index in [0.717, 1.165) is 12.5 Å². The molecule has 104 valence electrons. The average Bonchev–Trinajstić information content (AvgIpc) is 2.27. The Kier molecular flexibility index (Phi) is 6.91. The summed E-state index contributed by atoms with van der Waals surface area (Å²) in [5, 5.41) is 0. The van der Waals surface area contributed by atoms with Crippen LogP contribution in [0.1, 0.15) is 33.6 Å². The minimum Gasteiger partial charge on any atom is -0.517 e. The Morgan fingerprint density at radius 2 is 1.83 bits per heavy atom. The van der Waals surface area contributed by atoms with Crippen LogP contribution in [0.25, 0.3) is 0 Å². The molecule has 1 atom stereocenters. The van der Waals surface area contributed by atoms with Crippen molar-refractivity contribution in [1.82, 2.24) is 0 Å². The first-order chi connectivity index (χ1) is 8.23. The highest BCUT2D eigenvalue weighted by Crippen LogP contribution is 2.15. The van der Waals surface area contributed by atoms with E-state index in [1.165, 1.54) is 0 Å². The van der Waals surface area contributed by atoms with Gasteiger partial charge in [-0.3, -0.25) is 0 Å². The van der Waals surface area contributed by atoms with Crippen LogP contribution in [0.3, 0.4) is 0 Å². The summed E-state index contributed by atoms with van der Waals surface area (Å²) in [7, 11) is -1.97. The Hall–Kier alpha value is -1.10. The summed E-state index contributed by atoms with van der Waals surface area (Å²) in [5.74, 6) is -0.966. The van der Waals surface area contributed by atoms with Gasteiger partial charge in [-0.15, -0.1) is 0 Å². The van der Waals surface area contributed by atoms with E-state index in [1.54, 1.807) is 6.92 Å². The van der Waals surface area contributed by atoms with E-state index >= 15 is 0 Å². The summed E-state index contributed by atoms with van der Waals surface area (Å²) in [6, 6.07) is 0.839. The molecule has 0 heterocycles. The molecule has 0 fully saturated rings. The molecule has 0 aliphatic heterocycles. The van der Waals surface area contributed by atoms with Crippen LogP contribution in [0.15, 0.2) is 12.2 Å². The zero-order valence-electron chi connectivity index (χ0n) is 12.0. The third-order valence-corrected chi connectivity index (χ3v) is 5.10. The molecule has 0 aromatic heterocycles. The van der Waals surface area contributed by atoms with Crippen LogP contribution < -0.4 is 0 Å². The van der Waals surface area contributed by atoms with Crippen molar-refractivity contribution in [2.75, 3.05) is 0 Å². The Bertz CT molecular complexity index is 323. The molecule has 18 heavy (non-hydrogen) atoms. The van der Waals surface area contributed by atoms with E-state index in [-0.39, 0.29) is 5.57 Å². The number of carbonyl (C=O) groups is 2. The fourth-order valence-electron chi connectivity index (χ4n) is 1.13. The first-order valence-corrected chi connectivity index (χ1v) is 9.44. The molecule has 1 unspecified atom stereocenters. The number of rotatable bonds is 7. The van der Waals surface area contributed by atoms with Crippen LogP contribution in [-0.2, 0) is 18.8 Å². The van der Waals surface area contributed by atoms with Gasteiger partial charge in [0.05, 0.1) is 0 Å². The van der Waals surface area contributed by atoms with Crippen LogP contribution in [0.4, 0.5) is 0 Å². The fourth-order valence-corrected chi connectivity index (χ4v) is 1.95. The lowest BCUT2D eigenvalue weighted by atomic mass is 10.2. The van der Waals surface area contributed by atoms with Crippen molar-refractivity contribution in [3.8, 4) is 0 Å². The van der Waals surface area contributed by atoms with Crippen LogP contribution >= 0.6 is 0 Å². The Morgan fingerprint density at radius 1 is 1.28 bits per heavy atom. The van der Waals surface area contributed by atoms with Crippen molar-refractivity contribution in [3.05, 3.63) is 12.2 Å².